The Balaban J connectivity index is 2.80. The fraction of sp³-hybridized carbons (Fsp3) is 0.357. The van der Waals surface area contributed by atoms with Crippen LogP contribution in [0.4, 0.5) is 13.2 Å². The minimum Gasteiger partial charge on any atom is -0.457 e. The lowest BCUT2D eigenvalue weighted by Crippen LogP contribution is -2.22. The third kappa shape index (κ3) is 5.59. The van der Waals surface area contributed by atoms with E-state index in [2.05, 4.69) is 0 Å². The Morgan fingerprint density at radius 1 is 1.21 bits per heavy atom. The van der Waals surface area contributed by atoms with Crippen molar-refractivity contribution in [2.24, 2.45) is 0 Å². The van der Waals surface area contributed by atoms with Gasteiger partial charge in [-0.3, -0.25) is 0 Å². The van der Waals surface area contributed by atoms with E-state index in [-0.39, 0.29) is 0 Å². The number of carbonyl (C=O) groups excluding carboxylic acids is 1. The summed E-state index contributed by atoms with van der Waals surface area (Å²) in [5, 5.41) is 0. The molecule has 0 saturated carbocycles. The number of benzene rings is 1. The molecule has 0 N–H and O–H groups in total. The van der Waals surface area contributed by atoms with Crippen molar-refractivity contribution in [1.29, 1.82) is 0 Å². The van der Waals surface area contributed by atoms with Crippen molar-refractivity contribution in [1.82, 2.24) is 0 Å². The first-order valence-corrected chi connectivity index (χ1v) is 5.66. The van der Waals surface area contributed by atoms with E-state index in [4.69, 9.17) is 4.74 Å². The van der Waals surface area contributed by atoms with Crippen LogP contribution in [0.5, 0.6) is 0 Å². The molecule has 0 spiro atoms. The largest absolute Gasteiger partial charge is 0.457 e. The zero-order chi connectivity index (χ0) is 14.7. The molecule has 19 heavy (non-hydrogen) atoms. The summed E-state index contributed by atoms with van der Waals surface area (Å²) < 4.78 is 42.4. The van der Waals surface area contributed by atoms with Crippen molar-refractivity contribution < 1.29 is 22.7 Å². The lowest BCUT2D eigenvalue weighted by molar-refractivity contribution is -0.148. The average molecular weight is 272 g/mol. The van der Waals surface area contributed by atoms with Gasteiger partial charge in [-0.15, -0.1) is 0 Å². The van der Waals surface area contributed by atoms with E-state index >= 15 is 0 Å². The Morgan fingerprint density at radius 3 is 2.37 bits per heavy atom. The summed E-state index contributed by atoms with van der Waals surface area (Å²) in [6.07, 6.45) is -1.99. The van der Waals surface area contributed by atoms with Gasteiger partial charge in [0.25, 0.3) is 0 Å². The molecular weight excluding hydrogens is 257 g/mol. The molecule has 0 amide bonds. The molecule has 2 nitrogen and oxygen atoms in total. The Bertz CT molecular complexity index is 482. The zero-order valence-electron chi connectivity index (χ0n) is 10.9. The van der Waals surface area contributed by atoms with Crippen LogP contribution in [0.1, 0.15) is 31.9 Å². The van der Waals surface area contributed by atoms with Crippen LogP contribution < -0.4 is 0 Å². The van der Waals surface area contributed by atoms with Gasteiger partial charge in [0.1, 0.15) is 5.60 Å². The van der Waals surface area contributed by atoms with Crippen LogP contribution in [-0.2, 0) is 15.7 Å². The number of carbonyl (C=O) groups is 1. The normalized spacial score (nSPS) is 12.7. The van der Waals surface area contributed by atoms with Crippen molar-refractivity contribution in [2.45, 2.75) is 32.5 Å². The van der Waals surface area contributed by atoms with E-state index in [1.165, 1.54) is 18.2 Å². The minimum atomic E-state index is -4.39. The predicted octanol–water partition coefficient (Wildman–Crippen LogP) is 4.06. The van der Waals surface area contributed by atoms with E-state index in [0.29, 0.717) is 5.56 Å². The first kappa shape index (κ1) is 15.3. The second-order valence-electron chi connectivity index (χ2n) is 4.99. The van der Waals surface area contributed by atoms with E-state index < -0.39 is 23.3 Å². The van der Waals surface area contributed by atoms with E-state index in [1.54, 1.807) is 20.8 Å². The standard InChI is InChI=1S/C14H15F3O2/c1-13(2,3)19-12(18)8-7-10-5-4-6-11(9-10)14(15,16)17/h4-9H,1-3H3/b8-7+. The third-order valence-corrected chi connectivity index (χ3v) is 2.03. The number of ether oxygens (including phenoxy) is 1. The molecule has 0 saturated heterocycles. The number of esters is 1. The Morgan fingerprint density at radius 2 is 1.84 bits per heavy atom. The molecule has 0 radical (unpaired) electrons. The van der Waals surface area contributed by atoms with Crippen LogP contribution in [0.3, 0.4) is 0 Å². The van der Waals surface area contributed by atoms with Gasteiger partial charge in [-0.05, 0) is 44.5 Å². The minimum absolute atomic E-state index is 0.292. The fourth-order valence-corrected chi connectivity index (χ4v) is 1.32. The molecular formula is C14H15F3O2. The summed E-state index contributed by atoms with van der Waals surface area (Å²) in [7, 11) is 0. The van der Waals surface area contributed by atoms with E-state index in [0.717, 1.165) is 18.2 Å². The molecule has 1 aromatic rings. The van der Waals surface area contributed by atoms with Gasteiger partial charge >= 0.3 is 12.1 Å². The van der Waals surface area contributed by atoms with Gasteiger partial charge in [0.05, 0.1) is 5.56 Å². The fourth-order valence-electron chi connectivity index (χ4n) is 1.32. The highest BCUT2D eigenvalue weighted by Crippen LogP contribution is 2.29. The summed E-state index contributed by atoms with van der Waals surface area (Å²) >= 11 is 0. The van der Waals surface area contributed by atoms with Gasteiger partial charge in [0.2, 0.25) is 0 Å². The highest BCUT2D eigenvalue weighted by Gasteiger charge is 2.30. The lowest BCUT2D eigenvalue weighted by Gasteiger charge is -2.17. The van der Waals surface area contributed by atoms with Crippen LogP contribution >= 0.6 is 0 Å². The van der Waals surface area contributed by atoms with Crippen molar-refractivity contribution in [3.05, 3.63) is 41.5 Å². The van der Waals surface area contributed by atoms with Crippen LogP contribution in [0.25, 0.3) is 6.08 Å². The summed E-state index contributed by atoms with van der Waals surface area (Å²) in [6.45, 7) is 5.13. The number of hydrogen-bond donors (Lipinski definition) is 0. The Hall–Kier alpha value is -1.78. The Kier molecular flexibility index (Phi) is 4.39. The molecule has 0 unspecified atom stereocenters. The molecule has 0 atom stereocenters. The molecule has 0 aliphatic rings. The van der Waals surface area contributed by atoms with Crippen molar-refractivity contribution in [2.75, 3.05) is 0 Å². The first-order valence-electron chi connectivity index (χ1n) is 5.66. The number of hydrogen-bond acceptors (Lipinski definition) is 2. The quantitative estimate of drug-likeness (QED) is 0.599. The lowest BCUT2D eigenvalue weighted by atomic mass is 10.1. The van der Waals surface area contributed by atoms with Crippen molar-refractivity contribution in [3.8, 4) is 0 Å². The van der Waals surface area contributed by atoms with Crippen LogP contribution in [0.2, 0.25) is 0 Å². The topological polar surface area (TPSA) is 26.3 Å². The number of halogens is 3. The molecule has 5 heteroatoms. The molecule has 0 aliphatic heterocycles. The first-order chi connectivity index (χ1) is 8.58. The van der Waals surface area contributed by atoms with E-state index in [1.807, 2.05) is 0 Å². The summed E-state index contributed by atoms with van der Waals surface area (Å²) in [5.41, 5.74) is -1.09. The maximum Gasteiger partial charge on any atom is 0.416 e. The molecule has 0 aliphatic carbocycles. The van der Waals surface area contributed by atoms with Crippen LogP contribution in [0.15, 0.2) is 30.3 Å². The molecule has 0 fully saturated rings. The second-order valence-corrected chi connectivity index (χ2v) is 4.99. The molecule has 0 heterocycles. The average Bonchev–Trinajstić information content (AvgIpc) is 2.23. The third-order valence-electron chi connectivity index (χ3n) is 2.03. The smallest absolute Gasteiger partial charge is 0.416 e. The maximum absolute atomic E-state index is 12.5. The van der Waals surface area contributed by atoms with Gasteiger partial charge in [0, 0.05) is 6.08 Å². The maximum atomic E-state index is 12.5. The molecule has 0 bridgehead atoms. The Labute approximate surface area is 109 Å². The molecule has 1 rings (SSSR count). The SMILES string of the molecule is CC(C)(C)OC(=O)/C=C/c1cccc(C(F)(F)F)c1. The van der Waals surface area contributed by atoms with Gasteiger partial charge in [-0.2, -0.15) is 13.2 Å². The summed E-state index contributed by atoms with van der Waals surface area (Å²) in [4.78, 5) is 11.4. The predicted molar refractivity (Wildman–Crippen MR) is 66.3 cm³/mol. The van der Waals surface area contributed by atoms with Gasteiger partial charge in [-0.1, -0.05) is 12.1 Å². The summed E-state index contributed by atoms with van der Waals surface area (Å²) in [5.74, 6) is -0.593. The second kappa shape index (κ2) is 5.47. The monoisotopic (exact) mass is 272 g/mol. The van der Waals surface area contributed by atoms with Crippen molar-refractivity contribution >= 4 is 12.0 Å². The van der Waals surface area contributed by atoms with Gasteiger partial charge in [0.15, 0.2) is 0 Å². The number of rotatable bonds is 2. The highest BCUT2D eigenvalue weighted by molar-refractivity contribution is 5.87. The van der Waals surface area contributed by atoms with Crippen LogP contribution in [-0.4, -0.2) is 11.6 Å². The van der Waals surface area contributed by atoms with Crippen LogP contribution in [0, 0.1) is 0 Å². The van der Waals surface area contributed by atoms with Gasteiger partial charge < -0.3 is 4.74 Å². The highest BCUT2D eigenvalue weighted by atomic mass is 19.4. The molecule has 0 aromatic heterocycles. The molecule has 1 aromatic carbocycles. The van der Waals surface area contributed by atoms with Gasteiger partial charge in [-0.25, -0.2) is 4.79 Å². The van der Waals surface area contributed by atoms with E-state index in [9.17, 15) is 18.0 Å². The number of alkyl halides is 3. The molecule has 104 valence electrons. The summed E-state index contributed by atoms with van der Waals surface area (Å²) in [6, 6.07) is 4.72. The zero-order valence-corrected chi connectivity index (χ0v) is 10.9. The van der Waals surface area contributed by atoms with Crippen molar-refractivity contribution in [3.63, 3.8) is 0 Å².